The number of likely N-dealkylation sites (N-methyl/N-ethyl adjacent to an activating group) is 1. The Bertz CT molecular complexity index is 452. The van der Waals surface area contributed by atoms with Crippen LogP contribution in [0.15, 0.2) is 18.2 Å². The smallest absolute Gasteiger partial charge is 0.222 e. The standard InChI is InChI=1S/C12H14ClFN2O/c1-16-11(17)5-4-10(15)12(16)7-2-3-9(14)8(13)6-7/h2-3,6,10,12H,4-5,15H2,1H3. The van der Waals surface area contributed by atoms with Crippen molar-refractivity contribution in [2.75, 3.05) is 7.05 Å². The minimum Gasteiger partial charge on any atom is -0.337 e. The van der Waals surface area contributed by atoms with Crippen molar-refractivity contribution < 1.29 is 9.18 Å². The van der Waals surface area contributed by atoms with Crippen LogP contribution in [0.2, 0.25) is 5.02 Å². The molecular weight excluding hydrogens is 243 g/mol. The number of carbonyl (C=O) groups excluding carboxylic acids is 1. The molecule has 1 aliphatic heterocycles. The van der Waals surface area contributed by atoms with Gasteiger partial charge >= 0.3 is 0 Å². The fourth-order valence-electron chi connectivity index (χ4n) is 2.23. The van der Waals surface area contributed by atoms with Crippen molar-refractivity contribution in [3.05, 3.63) is 34.6 Å². The molecule has 92 valence electrons. The van der Waals surface area contributed by atoms with Crippen molar-refractivity contribution >= 4 is 17.5 Å². The molecule has 5 heteroatoms. The molecular formula is C12H14ClFN2O. The van der Waals surface area contributed by atoms with Gasteiger partial charge in [-0.25, -0.2) is 4.39 Å². The second-order valence-corrected chi connectivity index (χ2v) is 4.73. The first-order valence-corrected chi connectivity index (χ1v) is 5.84. The Labute approximate surface area is 104 Å². The molecule has 0 aromatic heterocycles. The van der Waals surface area contributed by atoms with E-state index < -0.39 is 5.82 Å². The molecule has 1 heterocycles. The first-order chi connectivity index (χ1) is 8.00. The van der Waals surface area contributed by atoms with Gasteiger partial charge in [-0.3, -0.25) is 4.79 Å². The maximum Gasteiger partial charge on any atom is 0.222 e. The van der Waals surface area contributed by atoms with Gasteiger partial charge in [-0.05, 0) is 24.1 Å². The summed E-state index contributed by atoms with van der Waals surface area (Å²) in [5, 5.41) is 0.0566. The zero-order valence-electron chi connectivity index (χ0n) is 9.49. The van der Waals surface area contributed by atoms with E-state index in [0.29, 0.717) is 12.8 Å². The van der Waals surface area contributed by atoms with Crippen LogP contribution in [0.4, 0.5) is 4.39 Å². The number of nitrogens with two attached hydrogens (primary N) is 1. The topological polar surface area (TPSA) is 46.3 Å². The Morgan fingerprint density at radius 2 is 2.24 bits per heavy atom. The molecule has 1 amide bonds. The number of halogens is 2. The molecule has 1 aromatic rings. The first kappa shape index (κ1) is 12.3. The van der Waals surface area contributed by atoms with Crippen LogP contribution in [0, 0.1) is 5.82 Å². The number of hydrogen-bond donors (Lipinski definition) is 1. The number of rotatable bonds is 1. The lowest BCUT2D eigenvalue weighted by Crippen LogP contribution is -2.46. The molecule has 0 bridgehead atoms. The summed E-state index contributed by atoms with van der Waals surface area (Å²) in [6.07, 6.45) is 1.10. The van der Waals surface area contributed by atoms with E-state index in [0.717, 1.165) is 5.56 Å². The zero-order chi connectivity index (χ0) is 12.6. The van der Waals surface area contributed by atoms with Gasteiger partial charge in [0.25, 0.3) is 0 Å². The summed E-state index contributed by atoms with van der Waals surface area (Å²) in [6.45, 7) is 0. The molecule has 2 unspecified atom stereocenters. The highest BCUT2D eigenvalue weighted by molar-refractivity contribution is 6.30. The lowest BCUT2D eigenvalue weighted by Gasteiger charge is -2.37. The van der Waals surface area contributed by atoms with Gasteiger partial charge in [-0.15, -0.1) is 0 Å². The van der Waals surface area contributed by atoms with Crippen molar-refractivity contribution in [1.29, 1.82) is 0 Å². The van der Waals surface area contributed by atoms with Crippen LogP contribution in [0.3, 0.4) is 0 Å². The summed E-state index contributed by atoms with van der Waals surface area (Å²) in [4.78, 5) is 13.2. The Morgan fingerprint density at radius 3 is 2.88 bits per heavy atom. The average Bonchev–Trinajstić information content (AvgIpc) is 2.29. The Balaban J connectivity index is 2.36. The van der Waals surface area contributed by atoms with Gasteiger partial charge in [0.1, 0.15) is 5.82 Å². The third-order valence-electron chi connectivity index (χ3n) is 3.19. The molecule has 1 aromatic carbocycles. The van der Waals surface area contributed by atoms with Crippen molar-refractivity contribution in [2.45, 2.75) is 24.9 Å². The molecule has 1 saturated heterocycles. The van der Waals surface area contributed by atoms with Crippen LogP contribution < -0.4 is 5.73 Å². The van der Waals surface area contributed by atoms with Crippen LogP contribution in [0.5, 0.6) is 0 Å². The minimum absolute atomic E-state index is 0.0529. The lowest BCUT2D eigenvalue weighted by atomic mass is 9.91. The summed E-state index contributed by atoms with van der Waals surface area (Å²) >= 11 is 5.75. The number of nitrogens with zero attached hydrogens (tertiary/aromatic N) is 1. The fraction of sp³-hybridized carbons (Fsp3) is 0.417. The fourth-order valence-corrected chi connectivity index (χ4v) is 2.42. The van der Waals surface area contributed by atoms with Crippen LogP contribution in [0.25, 0.3) is 0 Å². The number of amides is 1. The third kappa shape index (κ3) is 2.28. The van der Waals surface area contributed by atoms with Crippen LogP contribution >= 0.6 is 11.6 Å². The van der Waals surface area contributed by atoms with Crippen LogP contribution in [-0.4, -0.2) is 23.9 Å². The van der Waals surface area contributed by atoms with Gasteiger partial charge in [0.15, 0.2) is 0 Å². The number of piperidine rings is 1. The molecule has 2 rings (SSSR count). The predicted molar refractivity (Wildman–Crippen MR) is 64.1 cm³/mol. The van der Waals surface area contributed by atoms with E-state index in [2.05, 4.69) is 0 Å². The minimum atomic E-state index is -0.464. The monoisotopic (exact) mass is 256 g/mol. The van der Waals surface area contributed by atoms with Crippen LogP contribution in [0.1, 0.15) is 24.4 Å². The largest absolute Gasteiger partial charge is 0.337 e. The lowest BCUT2D eigenvalue weighted by molar-refractivity contribution is -0.135. The molecule has 1 fully saturated rings. The van der Waals surface area contributed by atoms with Crippen molar-refractivity contribution in [1.82, 2.24) is 4.90 Å². The zero-order valence-corrected chi connectivity index (χ0v) is 10.2. The summed E-state index contributed by atoms with van der Waals surface area (Å²) in [5.41, 5.74) is 6.80. The normalized spacial score (nSPS) is 25.2. The van der Waals surface area contributed by atoms with E-state index >= 15 is 0 Å². The van der Waals surface area contributed by atoms with Gasteiger partial charge in [-0.2, -0.15) is 0 Å². The molecule has 0 saturated carbocycles. The van der Waals surface area contributed by atoms with E-state index in [1.165, 1.54) is 12.1 Å². The molecule has 17 heavy (non-hydrogen) atoms. The number of carbonyl (C=O) groups is 1. The highest BCUT2D eigenvalue weighted by atomic mass is 35.5. The van der Waals surface area contributed by atoms with E-state index in [-0.39, 0.29) is 23.0 Å². The van der Waals surface area contributed by atoms with Crippen molar-refractivity contribution in [3.8, 4) is 0 Å². The summed E-state index contributed by atoms with van der Waals surface area (Å²) in [5.74, 6) is -0.411. The Morgan fingerprint density at radius 1 is 1.53 bits per heavy atom. The molecule has 3 nitrogen and oxygen atoms in total. The van der Waals surface area contributed by atoms with Gasteiger partial charge in [0.05, 0.1) is 11.1 Å². The highest BCUT2D eigenvalue weighted by Gasteiger charge is 2.32. The number of likely N-dealkylation sites (tertiary alicyclic amines) is 1. The van der Waals surface area contributed by atoms with E-state index in [1.54, 1.807) is 18.0 Å². The molecule has 0 aliphatic carbocycles. The quantitative estimate of drug-likeness (QED) is 0.836. The van der Waals surface area contributed by atoms with Gasteiger partial charge in [-0.1, -0.05) is 17.7 Å². The van der Waals surface area contributed by atoms with E-state index in [9.17, 15) is 9.18 Å². The molecule has 1 aliphatic rings. The predicted octanol–water partition coefficient (Wildman–Crippen LogP) is 2.10. The molecule has 0 radical (unpaired) electrons. The Kier molecular flexibility index (Phi) is 3.35. The average molecular weight is 257 g/mol. The SMILES string of the molecule is CN1C(=O)CCC(N)C1c1ccc(F)c(Cl)c1. The van der Waals surface area contributed by atoms with E-state index in [4.69, 9.17) is 17.3 Å². The maximum atomic E-state index is 13.1. The number of benzene rings is 1. The van der Waals surface area contributed by atoms with E-state index in [1.807, 2.05) is 0 Å². The molecule has 0 spiro atoms. The second kappa shape index (κ2) is 4.63. The van der Waals surface area contributed by atoms with Gasteiger partial charge in [0, 0.05) is 19.5 Å². The van der Waals surface area contributed by atoms with Crippen molar-refractivity contribution in [2.24, 2.45) is 5.73 Å². The first-order valence-electron chi connectivity index (χ1n) is 5.47. The highest BCUT2D eigenvalue weighted by Crippen LogP contribution is 2.31. The molecule has 2 atom stereocenters. The van der Waals surface area contributed by atoms with Gasteiger partial charge < -0.3 is 10.6 Å². The van der Waals surface area contributed by atoms with Crippen LogP contribution in [-0.2, 0) is 4.79 Å². The van der Waals surface area contributed by atoms with Gasteiger partial charge in [0.2, 0.25) is 5.91 Å². The number of hydrogen-bond acceptors (Lipinski definition) is 2. The second-order valence-electron chi connectivity index (χ2n) is 4.33. The summed E-state index contributed by atoms with van der Waals surface area (Å²) < 4.78 is 13.1. The summed E-state index contributed by atoms with van der Waals surface area (Å²) in [7, 11) is 1.71. The van der Waals surface area contributed by atoms with Crippen molar-refractivity contribution in [3.63, 3.8) is 0 Å². The maximum absolute atomic E-state index is 13.1. The summed E-state index contributed by atoms with van der Waals surface area (Å²) in [6, 6.07) is 4.10. The third-order valence-corrected chi connectivity index (χ3v) is 3.48. The molecule has 2 N–H and O–H groups in total. The Hall–Kier alpha value is -1.13.